The lowest BCUT2D eigenvalue weighted by Crippen LogP contribution is -2.28. The summed E-state index contributed by atoms with van der Waals surface area (Å²) >= 11 is 1.51. The van der Waals surface area contributed by atoms with Crippen molar-refractivity contribution in [2.75, 3.05) is 6.54 Å². The van der Waals surface area contributed by atoms with E-state index in [1.54, 1.807) is 24.5 Å². The topological polar surface area (TPSA) is 93.8 Å². The average Bonchev–Trinajstić information content (AvgIpc) is 3.19. The quantitative estimate of drug-likeness (QED) is 0.596. The van der Waals surface area contributed by atoms with Crippen molar-refractivity contribution in [3.05, 3.63) is 65.4 Å². The van der Waals surface area contributed by atoms with Crippen LogP contribution < -0.4 is 11.1 Å². The number of carbonyl (C=O) groups excluding carboxylic acids is 1. The molecule has 2 aromatic heterocycles. The first-order chi connectivity index (χ1) is 12.8. The summed E-state index contributed by atoms with van der Waals surface area (Å²) < 4.78 is 0. The molecule has 1 atom stereocenters. The summed E-state index contributed by atoms with van der Waals surface area (Å²) in [4.78, 5) is 16.5. The first kappa shape index (κ1) is 18.2. The SMILES string of the molecule is NCCCC[C@H](NC(=O)c1cccnc1)c1nnc(-c2ccccc2)s1. The maximum Gasteiger partial charge on any atom is 0.253 e. The van der Waals surface area contributed by atoms with Crippen LogP contribution in [0.4, 0.5) is 0 Å². The lowest BCUT2D eigenvalue weighted by atomic mass is 10.1. The zero-order valence-electron chi connectivity index (χ0n) is 14.3. The molecular formula is C19H21N5OS. The van der Waals surface area contributed by atoms with Crippen molar-refractivity contribution >= 4 is 17.2 Å². The van der Waals surface area contributed by atoms with E-state index in [9.17, 15) is 4.79 Å². The summed E-state index contributed by atoms with van der Waals surface area (Å²) in [6, 6.07) is 13.2. The van der Waals surface area contributed by atoms with Crippen molar-refractivity contribution in [2.45, 2.75) is 25.3 Å². The van der Waals surface area contributed by atoms with E-state index in [2.05, 4.69) is 20.5 Å². The summed E-state index contributed by atoms with van der Waals surface area (Å²) in [5.74, 6) is -0.160. The van der Waals surface area contributed by atoms with Gasteiger partial charge < -0.3 is 11.1 Å². The monoisotopic (exact) mass is 367 g/mol. The first-order valence-corrected chi connectivity index (χ1v) is 9.39. The molecule has 0 aliphatic carbocycles. The van der Waals surface area contributed by atoms with Crippen LogP contribution in [-0.4, -0.2) is 27.6 Å². The molecule has 0 unspecified atom stereocenters. The van der Waals surface area contributed by atoms with Crippen LogP contribution in [-0.2, 0) is 0 Å². The third kappa shape index (κ3) is 4.71. The van der Waals surface area contributed by atoms with Crippen LogP contribution in [0.25, 0.3) is 10.6 Å². The van der Waals surface area contributed by atoms with Crippen LogP contribution in [0.15, 0.2) is 54.9 Å². The van der Waals surface area contributed by atoms with Gasteiger partial charge >= 0.3 is 0 Å². The van der Waals surface area contributed by atoms with Gasteiger partial charge in [-0.25, -0.2) is 0 Å². The van der Waals surface area contributed by atoms with Crippen LogP contribution in [0.2, 0.25) is 0 Å². The van der Waals surface area contributed by atoms with Gasteiger partial charge in [-0.05, 0) is 37.9 Å². The number of pyridine rings is 1. The molecule has 26 heavy (non-hydrogen) atoms. The second kappa shape index (κ2) is 9.17. The van der Waals surface area contributed by atoms with Gasteiger partial charge in [0.1, 0.15) is 10.0 Å². The smallest absolute Gasteiger partial charge is 0.253 e. The van der Waals surface area contributed by atoms with E-state index in [1.807, 2.05) is 30.3 Å². The molecule has 6 nitrogen and oxygen atoms in total. The van der Waals surface area contributed by atoms with Gasteiger partial charge in [-0.2, -0.15) is 0 Å². The summed E-state index contributed by atoms with van der Waals surface area (Å²) in [6.45, 7) is 0.634. The number of amides is 1. The fourth-order valence-electron chi connectivity index (χ4n) is 2.56. The molecular weight excluding hydrogens is 346 g/mol. The number of nitrogens with zero attached hydrogens (tertiary/aromatic N) is 3. The predicted octanol–water partition coefficient (Wildman–Crippen LogP) is 3.20. The van der Waals surface area contributed by atoms with Gasteiger partial charge in [0, 0.05) is 18.0 Å². The number of aromatic nitrogens is 3. The molecule has 0 bridgehead atoms. The molecule has 2 heterocycles. The Balaban J connectivity index is 1.77. The van der Waals surface area contributed by atoms with Crippen LogP contribution in [0.3, 0.4) is 0 Å². The molecule has 0 radical (unpaired) electrons. The van der Waals surface area contributed by atoms with Gasteiger partial charge in [0.15, 0.2) is 0 Å². The number of rotatable bonds is 8. The molecule has 0 fully saturated rings. The van der Waals surface area contributed by atoms with Gasteiger partial charge in [-0.3, -0.25) is 9.78 Å². The minimum absolute atomic E-state index is 0.160. The number of hydrogen-bond donors (Lipinski definition) is 2. The molecule has 3 rings (SSSR count). The van der Waals surface area contributed by atoms with Crippen LogP contribution >= 0.6 is 11.3 Å². The van der Waals surface area contributed by atoms with E-state index < -0.39 is 0 Å². The number of unbranched alkanes of at least 4 members (excludes halogenated alkanes) is 1. The molecule has 1 amide bonds. The third-order valence-corrected chi connectivity index (χ3v) is 5.02. The molecule has 0 saturated carbocycles. The maximum absolute atomic E-state index is 12.5. The molecule has 0 spiro atoms. The largest absolute Gasteiger partial charge is 0.343 e. The molecule has 3 N–H and O–H groups in total. The summed E-state index contributed by atoms with van der Waals surface area (Å²) in [5, 5.41) is 13.3. The van der Waals surface area contributed by atoms with Crippen molar-refractivity contribution in [2.24, 2.45) is 5.73 Å². The van der Waals surface area contributed by atoms with Gasteiger partial charge in [-0.1, -0.05) is 41.7 Å². The number of nitrogens with two attached hydrogens (primary N) is 1. The van der Waals surface area contributed by atoms with E-state index >= 15 is 0 Å². The lowest BCUT2D eigenvalue weighted by molar-refractivity contribution is 0.0933. The second-order valence-electron chi connectivity index (χ2n) is 5.86. The van der Waals surface area contributed by atoms with Crippen molar-refractivity contribution in [3.63, 3.8) is 0 Å². The van der Waals surface area contributed by atoms with Gasteiger partial charge in [-0.15, -0.1) is 10.2 Å². The summed E-state index contributed by atoms with van der Waals surface area (Å²) in [7, 11) is 0. The Morgan fingerprint density at radius 3 is 2.69 bits per heavy atom. The third-order valence-electron chi connectivity index (χ3n) is 3.94. The number of carbonyl (C=O) groups is 1. The van der Waals surface area contributed by atoms with E-state index in [0.29, 0.717) is 12.1 Å². The highest BCUT2D eigenvalue weighted by molar-refractivity contribution is 7.14. The predicted molar refractivity (Wildman–Crippen MR) is 103 cm³/mol. The Kier molecular flexibility index (Phi) is 6.40. The van der Waals surface area contributed by atoms with Crippen molar-refractivity contribution in [1.29, 1.82) is 0 Å². The van der Waals surface area contributed by atoms with E-state index in [1.165, 1.54) is 11.3 Å². The lowest BCUT2D eigenvalue weighted by Gasteiger charge is -2.15. The highest BCUT2D eigenvalue weighted by Crippen LogP contribution is 2.29. The maximum atomic E-state index is 12.5. The minimum atomic E-state index is -0.191. The van der Waals surface area contributed by atoms with Crippen molar-refractivity contribution < 1.29 is 4.79 Å². The Hall–Kier alpha value is -2.64. The molecule has 134 valence electrons. The number of hydrogen-bond acceptors (Lipinski definition) is 6. The van der Waals surface area contributed by atoms with Gasteiger partial charge in [0.05, 0.1) is 11.6 Å². The molecule has 0 aliphatic heterocycles. The molecule has 0 aliphatic rings. The number of nitrogens with one attached hydrogen (secondary N) is 1. The van der Waals surface area contributed by atoms with Crippen LogP contribution in [0.1, 0.15) is 40.7 Å². The van der Waals surface area contributed by atoms with Gasteiger partial charge in [0.25, 0.3) is 5.91 Å². The van der Waals surface area contributed by atoms with Crippen LogP contribution in [0, 0.1) is 0 Å². The van der Waals surface area contributed by atoms with Crippen molar-refractivity contribution in [3.8, 4) is 10.6 Å². The molecule has 3 aromatic rings. The second-order valence-corrected chi connectivity index (χ2v) is 6.87. The zero-order valence-corrected chi connectivity index (χ0v) is 15.2. The fourth-order valence-corrected chi connectivity index (χ4v) is 3.50. The number of benzene rings is 1. The van der Waals surface area contributed by atoms with Crippen LogP contribution in [0.5, 0.6) is 0 Å². The Morgan fingerprint density at radius 2 is 1.96 bits per heavy atom. The highest BCUT2D eigenvalue weighted by Gasteiger charge is 2.20. The molecule has 7 heteroatoms. The Labute approximate surface area is 156 Å². The van der Waals surface area contributed by atoms with E-state index in [-0.39, 0.29) is 11.9 Å². The Morgan fingerprint density at radius 1 is 1.12 bits per heavy atom. The molecule has 1 aromatic carbocycles. The highest BCUT2D eigenvalue weighted by atomic mass is 32.1. The summed E-state index contributed by atoms with van der Waals surface area (Å²) in [6.07, 6.45) is 5.79. The van der Waals surface area contributed by atoms with E-state index in [4.69, 9.17) is 5.73 Å². The Bertz CT molecular complexity index is 822. The standard InChI is InChI=1S/C19H21N5OS/c20-11-5-4-10-16(22-17(25)15-9-6-12-21-13-15)19-24-23-18(26-19)14-7-2-1-3-8-14/h1-3,6-9,12-13,16H,4-5,10-11,20H2,(H,22,25)/t16-/m0/s1. The molecule has 0 saturated heterocycles. The zero-order chi connectivity index (χ0) is 18.2. The van der Waals surface area contributed by atoms with E-state index in [0.717, 1.165) is 34.8 Å². The normalized spacial score (nSPS) is 11.9. The van der Waals surface area contributed by atoms with Crippen molar-refractivity contribution in [1.82, 2.24) is 20.5 Å². The minimum Gasteiger partial charge on any atom is -0.343 e. The first-order valence-electron chi connectivity index (χ1n) is 8.57. The average molecular weight is 367 g/mol. The van der Waals surface area contributed by atoms with Gasteiger partial charge in [0.2, 0.25) is 0 Å². The summed E-state index contributed by atoms with van der Waals surface area (Å²) in [5.41, 5.74) is 7.16. The fraction of sp³-hybridized carbons (Fsp3) is 0.263.